The molecule has 98 valence electrons. The second-order valence-electron chi connectivity index (χ2n) is 3.87. The third kappa shape index (κ3) is 3.01. The normalized spacial score (nSPS) is 9.95. The maximum Gasteiger partial charge on any atom is 0.342 e. The molecule has 0 fully saturated rings. The highest BCUT2D eigenvalue weighted by Crippen LogP contribution is 2.26. The number of rotatable bonds is 4. The highest BCUT2D eigenvalue weighted by molar-refractivity contribution is 5.94. The number of carbonyl (C=O) groups excluding carboxylic acids is 1. The molecule has 0 amide bonds. The molecule has 5 nitrogen and oxygen atoms in total. The molecule has 0 aliphatic rings. The Morgan fingerprint density at radius 1 is 1.32 bits per heavy atom. The van der Waals surface area contributed by atoms with Gasteiger partial charge >= 0.3 is 5.97 Å². The number of para-hydroxylation sites is 1. The standard InChI is InChI=1S/C14H14N2O3/c1-18-13-11(5-2-6-12(13)15)14(17)19-9-10-4-3-7-16-8-10/h2-8H,9,15H2,1H3. The first-order valence-corrected chi connectivity index (χ1v) is 5.71. The van der Waals surface area contributed by atoms with Crippen LogP contribution >= 0.6 is 0 Å². The minimum Gasteiger partial charge on any atom is -0.494 e. The Balaban J connectivity index is 2.10. The number of hydrogen-bond donors (Lipinski definition) is 1. The summed E-state index contributed by atoms with van der Waals surface area (Å²) in [6, 6.07) is 8.57. The summed E-state index contributed by atoms with van der Waals surface area (Å²) < 4.78 is 10.3. The van der Waals surface area contributed by atoms with E-state index in [1.807, 2.05) is 6.07 Å². The Labute approximate surface area is 111 Å². The van der Waals surface area contributed by atoms with Crippen LogP contribution in [-0.4, -0.2) is 18.1 Å². The van der Waals surface area contributed by atoms with Crippen LogP contribution in [0.2, 0.25) is 0 Å². The fourth-order valence-corrected chi connectivity index (χ4v) is 1.65. The number of esters is 1. The van der Waals surface area contributed by atoms with E-state index in [-0.39, 0.29) is 6.61 Å². The van der Waals surface area contributed by atoms with Gasteiger partial charge in [-0.05, 0) is 18.2 Å². The third-order valence-electron chi connectivity index (χ3n) is 2.56. The number of hydrogen-bond acceptors (Lipinski definition) is 5. The zero-order valence-corrected chi connectivity index (χ0v) is 10.5. The highest BCUT2D eigenvalue weighted by atomic mass is 16.5. The summed E-state index contributed by atoms with van der Waals surface area (Å²) in [4.78, 5) is 15.9. The molecule has 1 aromatic heterocycles. The Morgan fingerprint density at radius 2 is 2.16 bits per heavy atom. The largest absolute Gasteiger partial charge is 0.494 e. The number of benzene rings is 1. The first-order chi connectivity index (χ1) is 9.22. The third-order valence-corrected chi connectivity index (χ3v) is 2.56. The van der Waals surface area contributed by atoms with Gasteiger partial charge in [-0.15, -0.1) is 0 Å². The van der Waals surface area contributed by atoms with Crippen molar-refractivity contribution in [2.45, 2.75) is 6.61 Å². The smallest absolute Gasteiger partial charge is 0.342 e. The van der Waals surface area contributed by atoms with Crippen LogP contribution in [0.3, 0.4) is 0 Å². The molecule has 5 heteroatoms. The number of ether oxygens (including phenoxy) is 2. The molecular formula is C14H14N2O3. The SMILES string of the molecule is COc1c(N)cccc1C(=O)OCc1cccnc1. The lowest BCUT2D eigenvalue weighted by molar-refractivity contribution is 0.0469. The molecule has 1 heterocycles. The average molecular weight is 258 g/mol. The van der Waals surface area contributed by atoms with Crippen LogP contribution in [0.1, 0.15) is 15.9 Å². The van der Waals surface area contributed by atoms with Gasteiger partial charge in [-0.2, -0.15) is 0 Å². The summed E-state index contributed by atoms with van der Waals surface area (Å²) in [5.41, 5.74) is 7.27. The van der Waals surface area contributed by atoms with E-state index >= 15 is 0 Å². The molecule has 2 N–H and O–H groups in total. The topological polar surface area (TPSA) is 74.4 Å². The summed E-state index contributed by atoms with van der Waals surface area (Å²) in [7, 11) is 1.46. The van der Waals surface area contributed by atoms with Crippen molar-refractivity contribution in [3.63, 3.8) is 0 Å². The van der Waals surface area contributed by atoms with Gasteiger partial charge in [0.2, 0.25) is 0 Å². The molecule has 0 radical (unpaired) electrons. The summed E-state index contributed by atoms with van der Waals surface area (Å²) in [5, 5.41) is 0. The predicted molar refractivity (Wildman–Crippen MR) is 70.8 cm³/mol. The van der Waals surface area contributed by atoms with E-state index in [0.717, 1.165) is 5.56 Å². The Morgan fingerprint density at radius 3 is 2.84 bits per heavy atom. The molecule has 0 spiro atoms. The molecular weight excluding hydrogens is 244 g/mol. The van der Waals surface area contributed by atoms with Gasteiger partial charge in [-0.25, -0.2) is 4.79 Å². The molecule has 0 atom stereocenters. The minimum absolute atomic E-state index is 0.157. The second kappa shape index (κ2) is 5.86. The van der Waals surface area contributed by atoms with E-state index in [1.54, 1.807) is 36.7 Å². The number of aromatic nitrogens is 1. The number of nitrogens with two attached hydrogens (primary N) is 1. The Bertz CT molecular complexity index is 570. The molecule has 2 rings (SSSR count). The van der Waals surface area contributed by atoms with Crippen LogP contribution in [0.5, 0.6) is 5.75 Å². The molecule has 0 aliphatic heterocycles. The van der Waals surface area contributed by atoms with Gasteiger partial charge < -0.3 is 15.2 Å². The molecule has 0 unspecified atom stereocenters. The molecule has 0 saturated heterocycles. The van der Waals surface area contributed by atoms with Gasteiger partial charge in [0.15, 0.2) is 5.75 Å². The van der Waals surface area contributed by atoms with E-state index in [4.69, 9.17) is 15.2 Å². The van der Waals surface area contributed by atoms with Crippen LogP contribution in [0, 0.1) is 0 Å². The van der Waals surface area contributed by atoms with Crippen LogP contribution in [0.4, 0.5) is 5.69 Å². The summed E-state index contributed by atoms with van der Waals surface area (Å²) in [6.45, 7) is 0.157. The van der Waals surface area contributed by atoms with Gasteiger partial charge in [-0.1, -0.05) is 12.1 Å². The molecule has 19 heavy (non-hydrogen) atoms. The number of methoxy groups -OCH3 is 1. The number of nitrogens with zero attached hydrogens (tertiary/aromatic N) is 1. The molecule has 0 aliphatic carbocycles. The van der Waals surface area contributed by atoms with Gasteiger partial charge in [0.05, 0.1) is 12.8 Å². The first-order valence-electron chi connectivity index (χ1n) is 5.71. The van der Waals surface area contributed by atoms with Crippen molar-refractivity contribution in [2.75, 3.05) is 12.8 Å². The number of anilines is 1. The van der Waals surface area contributed by atoms with E-state index in [1.165, 1.54) is 7.11 Å². The monoisotopic (exact) mass is 258 g/mol. The molecule has 1 aromatic carbocycles. The fourth-order valence-electron chi connectivity index (χ4n) is 1.65. The van der Waals surface area contributed by atoms with E-state index < -0.39 is 5.97 Å². The maximum atomic E-state index is 12.0. The van der Waals surface area contributed by atoms with E-state index in [2.05, 4.69) is 4.98 Å². The average Bonchev–Trinajstić information content (AvgIpc) is 2.45. The summed E-state index contributed by atoms with van der Waals surface area (Å²) >= 11 is 0. The van der Waals surface area contributed by atoms with Crippen molar-refractivity contribution in [1.29, 1.82) is 0 Å². The Kier molecular flexibility index (Phi) is 3.97. The van der Waals surface area contributed by atoms with E-state index in [9.17, 15) is 4.79 Å². The van der Waals surface area contributed by atoms with Crippen molar-refractivity contribution in [3.05, 3.63) is 53.9 Å². The summed E-state index contributed by atoms with van der Waals surface area (Å²) in [6.07, 6.45) is 3.30. The van der Waals surface area contributed by atoms with Crippen molar-refractivity contribution >= 4 is 11.7 Å². The van der Waals surface area contributed by atoms with Crippen LogP contribution in [0.15, 0.2) is 42.7 Å². The van der Waals surface area contributed by atoms with E-state index in [0.29, 0.717) is 17.0 Å². The molecule has 2 aromatic rings. The predicted octanol–water partition coefficient (Wildman–Crippen LogP) is 2.03. The second-order valence-corrected chi connectivity index (χ2v) is 3.87. The van der Waals surface area contributed by atoms with Crippen molar-refractivity contribution < 1.29 is 14.3 Å². The van der Waals surface area contributed by atoms with Crippen molar-refractivity contribution in [2.24, 2.45) is 0 Å². The van der Waals surface area contributed by atoms with Gasteiger partial charge in [0, 0.05) is 18.0 Å². The van der Waals surface area contributed by atoms with Crippen molar-refractivity contribution in [3.8, 4) is 5.75 Å². The number of pyridine rings is 1. The number of carbonyl (C=O) groups is 1. The highest BCUT2D eigenvalue weighted by Gasteiger charge is 2.15. The number of nitrogen functional groups attached to an aromatic ring is 1. The fraction of sp³-hybridized carbons (Fsp3) is 0.143. The van der Waals surface area contributed by atoms with Crippen LogP contribution in [0.25, 0.3) is 0 Å². The van der Waals surface area contributed by atoms with Gasteiger partial charge in [0.1, 0.15) is 12.2 Å². The first kappa shape index (κ1) is 12.9. The zero-order valence-electron chi connectivity index (χ0n) is 10.5. The van der Waals surface area contributed by atoms with Gasteiger partial charge in [-0.3, -0.25) is 4.98 Å². The lowest BCUT2D eigenvalue weighted by atomic mass is 10.1. The lowest BCUT2D eigenvalue weighted by Crippen LogP contribution is -2.08. The van der Waals surface area contributed by atoms with Gasteiger partial charge in [0.25, 0.3) is 0 Å². The minimum atomic E-state index is -0.479. The van der Waals surface area contributed by atoms with Crippen LogP contribution in [-0.2, 0) is 11.3 Å². The quantitative estimate of drug-likeness (QED) is 0.671. The summed E-state index contributed by atoms with van der Waals surface area (Å²) in [5.74, 6) is -0.147. The van der Waals surface area contributed by atoms with Crippen LogP contribution < -0.4 is 10.5 Å². The maximum absolute atomic E-state index is 12.0. The molecule has 0 saturated carbocycles. The Hall–Kier alpha value is -2.56. The lowest BCUT2D eigenvalue weighted by Gasteiger charge is -2.10. The zero-order chi connectivity index (χ0) is 13.7. The molecule has 0 bridgehead atoms. The van der Waals surface area contributed by atoms with Crippen molar-refractivity contribution in [1.82, 2.24) is 4.98 Å².